The Bertz CT molecular complexity index is 808. The molecule has 1 aliphatic heterocycles. The summed E-state index contributed by atoms with van der Waals surface area (Å²) in [5.74, 6) is 1.42. The van der Waals surface area contributed by atoms with Crippen LogP contribution < -0.4 is 5.32 Å². The van der Waals surface area contributed by atoms with Crippen LogP contribution in [0.15, 0.2) is 42.5 Å². The third kappa shape index (κ3) is 2.54. The highest BCUT2D eigenvalue weighted by atomic mass is 16.5. The molecule has 1 fully saturated rings. The Hall–Kier alpha value is -2.51. The van der Waals surface area contributed by atoms with Crippen LogP contribution in [0.3, 0.4) is 0 Å². The van der Waals surface area contributed by atoms with Crippen LogP contribution in [-0.2, 0) is 4.74 Å². The smallest absolute Gasteiger partial charge is 0.185 e. The number of ether oxygens (including phenoxy) is 1. The van der Waals surface area contributed by atoms with Gasteiger partial charge in [0, 0.05) is 12.1 Å². The molecule has 0 atom stereocenters. The zero-order valence-corrected chi connectivity index (χ0v) is 12.5. The van der Waals surface area contributed by atoms with Crippen molar-refractivity contribution in [1.82, 2.24) is 19.8 Å². The van der Waals surface area contributed by atoms with Gasteiger partial charge in [-0.1, -0.05) is 30.3 Å². The molecule has 1 aliphatic rings. The molecule has 3 heterocycles. The van der Waals surface area contributed by atoms with E-state index in [1.165, 1.54) is 0 Å². The van der Waals surface area contributed by atoms with Gasteiger partial charge in [-0.15, -0.1) is 15.3 Å². The molecule has 2 aromatic heterocycles. The molecule has 3 aromatic rings. The maximum Gasteiger partial charge on any atom is 0.185 e. The number of fused-ring (bicyclic) bond motifs is 1. The molecule has 0 amide bonds. The maximum atomic E-state index is 9.48. The summed E-state index contributed by atoms with van der Waals surface area (Å²) < 4.78 is 6.93. The molecule has 1 saturated heterocycles. The lowest BCUT2D eigenvalue weighted by molar-refractivity contribution is -0.128. The van der Waals surface area contributed by atoms with Crippen LogP contribution in [0, 0.1) is 5.41 Å². The first kappa shape index (κ1) is 14.1. The summed E-state index contributed by atoms with van der Waals surface area (Å²) in [6.45, 7) is 1.86. The molecule has 2 N–H and O–H groups in total. The average molecular weight is 311 g/mol. The van der Waals surface area contributed by atoms with E-state index >= 15 is 0 Å². The van der Waals surface area contributed by atoms with Crippen molar-refractivity contribution in [3.8, 4) is 11.4 Å². The van der Waals surface area contributed by atoms with Gasteiger partial charge in [-0.05, 0) is 12.1 Å². The van der Waals surface area contributed by atoms with Crippen molar-refractivity contribution < 1.29 is 9.84 Å². The second-order valence-electron chi connectivity index (χ2n) is 5.88. The Morgan fingerprint density at radius 1 is 1.13 bits per heavy atom. The van der Waals surface area contributed by atoms with E-state index in [0.717, 1.165) is 5.56 Å². The molecule has 0 unspecified atom stereocenters. The largest absolute Gasteiger partial charge is 0.396 e. The minimum Gasteiger partial charge on any atom is -0.396 e. The molecule has 23 heavy (non-hydrogen) atoms. The van der Waals surface area contributed by atoms with Crippen LogP contribution >= 0.6 is 0 Å². The number of nitrogens with one attached hydrogen (secondary N) is 1. The molecular formula is C16H17N5O2. The lowest BCUT2D eigenvalue weighted by Gasteiger charge is -2.39. The molecule has 0 bridgehead atoms. The van der Waals surface area contributed by atoms with Crippen molar-refractivity contribution in [2.24, 2.45) is 5.41 Å². The Morgan fingerprint density at radius 3 is 2.65 bits per heavy atom. The van der Waals surface area contributed by atoms with E-state index in [1.54, 1.807) is 4.52 Å². The fourth-order valence-corrected chi connectivity index (χ4v) is 2.57. The van der Waals surface area contributed by atoms with Crippen molar-refractivity contribution in [3.63, 3.8) is 0 Å². The molecule has 0 saturated carbocycles. The number of aliphatic hydroxyl groups is 1. The van der Waals surface area contributed by atoms with Gasteiger partial charge in [0.05, 0.1) is 25.2 Å². The van der Waals surface area contributed by atoms with E-state index in [0.29, 0.717) is 37.0 Å². The van der Waals surface area contributed by atoms with E-state index in [9.17, 15) is 5.11 Å². The molecule has 0 aliphatic carbocycles. The Labute approximate surface area is 132 Å². The van der Waals surface area contributed by atoms with Crippen molar-refractivity contribution in [2.75, 3.05) is 31.7 Å². The first-order valence-corrected chi connectivity index (χ1v) is 7.50. The highest BCUT2D eigenvalue weighted by molar-refractivity contribution is 5.59. The molecule has 118 valence electrons. The molecule has 7 heteroatoms. The predicted octanol–water partition coefficient (Wildman–Crippen LogP) is 1.21. The van der Waals surface area contributed by atoms with Gasteiger partial charge < -0.3 is 15.2 Å². The first-order chi connectivity index (χ1) is 11.3. The van der Waals surface area contributed by atoms with Crippen LogP contribution in [0.4, 0.5) is 5.82 Å². The number of aliphatic hydroxyl groups excluding tert-OH is 1. The third-order valence-electron chi connectivity index (χ3n) is 4.09. The van der Waals surface area contributed by atoms with Crippen LogP contribution in [-0.4, -0.2) is 51.3 Å². The Morgan fingerprint density at radius 2 is 1.96 bits per heavy atom. The third-order valence-corrected chi connectivity index (χ3v) is 4.09. The number of aromatic nitrogens is 4. The molecule has 1 aromatic carbocycles. The quantitative estimate of drug-likeness (QED) is 0.737. The van der Waals surface area contributed by atoms with E-state index in [1.807, 2.05) is 42.5 Å². The van der Waals surface area contributed by atoms with E-state index in [4.69, 9.17) is 4.74 Å². The highest BCUT2D eigenvalue weighted by Gasteiger charge is 2.37. The fraction of sp³-hybridized carbons (Fsp3) is 0.312. The minimum absolute atomic E-state index is 0.101. The average Bonchev–Trinajstić information content (AvgIpc) is 2.98. The summed E-state index contributed by atoms with van der Waals surface area (Å²) in [5.41, 5.74) is 1.45. The predicted molar refractivity (Wildman–Crippen MR) is 85.0 cm³/mol. The number of nitrogens with zero attached hydrogens (tertiary/aromatic N) is 4. The Balaban J connectivity index is 1.62. The molecule has 0 radical (unpaired) electrons. The fourth-order valence-electron chi connectivity index (χ4n) is 2.57. The van der Waals surface area contributed by atoms with Crippen LogP contribution in [0.5, 0.6) is 0 Å². The van der Waals surface area contributed by atoms with Crippen LogP contribution in [0.25, 0.3) is 17.0 Å². The Kier molecular flexibility index (Phi) is 3.44. The molecule has 7 nitrogen and oxygen atoms in total. The number of rotatable bonds is 5. The molecule has 0 spiro atoms. The first-order valence-electron chi connectivity index (χ1n) is 7.50. The van der Waals surface area contributed by atoms with E-state index in [2.05, 4.69) is 20.6 Å². The van der Waals surface area contributed by atoms with Crippen LogP contribution in [0.1, 0.15) is 0 Å². The van der Waals surface area contributed by atoms with Crippen molar-refractivity contribution in [1.29, 1.82) is 0 Å². The lowest BCUT2D eigenvalue weighted by atomic mass is 9.87. The van der Waals surface area contributed by atoms with Gasteiger partial charge in [0.2, 0.25) is 0 Å². The monoisotopic (exact) mass is 311 g/mol. The summed E-state index contributed by atoms with van der Waals surface area (Å²) in [4.78, 5) is 0. The van der Waals surface area contributed by atoms with E-state index in [-0.39, 0.29) is 12.0 Å². The van der Waals surface area contributed by atoms with E-state index < -0.39 is 0 Å². The maximum absolute atomic E-state index is 9.48. The second-order valence-corrected chi connectivity index (χ2v) is 5.88. The molecular weight excluding hydrogens is 294 g/mol. The summed E-state index contributed by atoms with van der Waals surface area (Å²) in [5, 5.41) is 25.7. The highest BCUT2D eigenvalue weighted by Crippen LogP contribution is 2.27. The van der Waals surface area contributed by atoms with Gasteiger partial charge in [-0.3, -0.25) is 0 Å². The second kappa shape index (κ2) is 5.60. The van der Waals surface area contributed by atoms with Gasteiger partial charge >= 0.3 is 0 Å². The van der Waals surface area contributed by atoms with Gasteiger partial charge in [0.25, 0.3) is 0 Å². The number of hydrogen-bond acceptors (Lipinski definition) is 6. The summed E-state index contributed by atoms with van der Waals surface area (Å²) >= 11 is 0. The van der Waals surface area contributed by atoms with Gasteiger partial charge in [0.1, 0.15) is 5.82 Å². The topological polar surface area (TPSA) is 84.6 Å². The van der Waals surface area contributed by atoms with Crippen molar-refractivity contribution in [2.45, 2.75) is 0 Å². The summed E-state index contributed by atoms with van der Waals surface area (Å²) in [6, 6.07) is 13.6. The van der Waals surface area contributed by atoms with Gasteiger partial charge in [0.15, 0.2) is 11.5 Å². The lowest BCUT2D eigenvalue weighted by Crippen LogP contribution is -2.50. The van der Waals surface area contributed by atoms with Crippen LogP contribution in [0.2, 0.25) is 0 Å². The standard InChI is InChI=1S/C16H17N5O2/c22-9-16(10-23-11-16)8-17-13-6-7-14-18-19-15(21(14)20-13)12-4-2-1-3-5-12/h1-7,22H,8-11H2,(H,17,20). The number of hydrogen-bond donors (Lipinski definition) is 2. The summed E-state index contributed by atoms with van der Waals surface area (Å²) in [7, 11) is 0. The van der Waals surface area contributed by atoms with Crippen molar-refractivity contribution >= 4 is 11.5 Å². The van der Waals surface area contributed by atoms with Crippen molar-refractivity contribution in [3.05, 3.63) is 42.5 Å². The zero-order valence-electron chi connectivity index (χ0n) is 12.5. The number of benzene rings is 1. The molecule has 4 rings (SSSR count). The normalized spacial score (nSPS) is 16.2. The van der Waals surface area contributed by atoms with Gasteiger partial charge in [-0.2, -0.15) is 4.52 Å². The number of anilines is 1. The SMILES string of the molecule is OCC1(CNc2ccc3nnc(-c4ccccc4)n3n2)COC1. The van der Waals surface area contributed by atoms with Gasteiger partial charge in [-0.25, -0.2) is 0 Å². The minimum atomic E-state index is -0.202. The zero-order chi connectivity index (χ0) is 15.7. The summed E-state index contributed by atoms with van der Waals surface area (Å²) in [6.07, 6.45) is 0.